The van der Waals surface area contributed by atoms with E-state index in [0.29, 0.717) is 15.1 Å². The fraction of sp³-hybridized carbons (Fsp3) is 0.125. The lowest BCUT2D eigenvalue weighted by atomic mass is 10.3. The van der Waals surface area contributed by atoms with E-state index in [4.69, 9.17) is 11.6 Å². The Morgan fingerprint density at radius 3 is 2.88 bits per heavy atom. The summed E-state index contributed by atoms with van der Waals surface area (Å²) in [6.07, 6.45) is 0. The van der Waals surface area contributed by atoms with Crippen LogP contribution in [-0.2, 0) is 7.05 Å². The second kappa shape index (κ2) is 4.68. The third-order valence-electron chi connectivity index (χ3n) is 1.90. The lowest BCUT2D eigenvalue weighted by molar-refractivity contribution is -0.387. The molecule has 0 spiro atoms. The van der Waals surface area contributed by atoms with Crippen molar-refractivity contribution in [1.82, 2.24) is 20.2 Å². The zero-order chi connectivity index (χ0) is 12.4. The highest BCUT2D eigenvalue weighted by Gasteiger charge is 2.17. The summed E-state index contributed by atoms with van der Waals surface area (Å²) in [5, 5.41) is 22.5. The highest BCUT2D eigenvalue weighted by molar-refractivity contribution is 7.99. The van der Waals surface area contributed by atoms with E-state index in [1.165, 1.54) is 10.7 Å². The minimum Gasteiger partial charge on any atom is -0.258 e. The van der Waals surface area contributed by atoms with Crippen molar-refractivity contribution in [2.24, 2.45) is 7.05 Å². The predicted molar refractivity (Wildman–Crippen MR) is 61.0 cm³/mol. The van der Waals surface area contributed by atoms with Gasteiger partial charge >= 0.3 is 0 Å². The van der Waals surface area contributed by atoms with Gasteiger partial charge in [0.15, 0.2) is 0 Å². The van der Waals surface area contributed by atoms with Gasteiger partial charge in [0, 0.05) is 18.1 Å². The molecule has 1 aromatic heterocycles. The molecule has 0 aliphatic rings. The summed E-state index contributed by atoms with van der Waals surface area (Å²) < 4.78 is 1.43. The molecule has 1 aromatic carbocycles. The van der Waals surface area contributed by atoms with Gasteiger partial charge in [-0.2, -0.15) is 0 Å². The molecule has 0 fully saturated rings. The molecule has 7 nitrogen and oxygen atoms in total. The van der Waals surface area contributed by atoms with Gasteiger partial charge in [-0.1, -0.05) is 11.6 Å². The number of nitro benzene ring substituents is 1. The number of aryl methyl sites for hydroxylation is 1. The summed E-state index contributed by atoms with van der Waals surface area (Å²) in [4.78, 5) is 10.8. The smallest absolute Gasteiger partial charge is 0.258 e. The van der Waals surface area contributed by atoms with Crippen LogP contribution in [0, 0.1) is 10.1 Å². The summed E-state index contributed by atoms with van der Waals surface area (Å²) in [5.41, 5.74) is -0.0644. The largest absolute Gasteiger partial charge is 0.284 e. The molecule has 2 rings (SSSR count). The first-order valence-electron chi connectivity index (χ1n) is 4.42. The van der Waals surface area contributed by atoms with Gasteiger partial charge in [0.1, 0.15) is 0 Å². The molecule has 2 aromatic rings. The van der Waals surface area contributed by atoms with Gasteiger partial charge in [-0.15, -0.1) is 5.10 Å². The van der Waals surface area contributed by atoms with E-state index in [0.717, 1.165) is 11.8 Å². The average Bonchev–Trinajstić information content (AvgIpc) is 2.67. The number of hydrogen-bond donors (Lipinski definition) is 0. The van der Waals surface area contributed by atoms with Crippen LogP contribution in [0.2, 0.25) is 5.02 Å². The second-order valence-corrected chi connectivity index (χ2v) is 4.50. The van der Waals surface area contributed by atoms with E-state index >= 15 is 0 Å². The van der Waals surface area contributed by atoms with Crippen LogP contribution in [0.4, 0.5) is 5.69 Å². The number of nitrogens with zero attached hydrogens (tertiary/aromatic N) is 5. The number of hydrogen-bond acceptors (Lipinski definition) is 6. The number of tetrazole rings is 1. The van der Waals surface area contributed by atoms with Crippen LogP contribution in [0.1, 0.15) is 0 Å². The Hall–Kier alpha value is -1.67. The number of aromatic nitrogens is 4. The number of halogens is 1. The number of nitro groups is 1. The molecule has 0 saturated carbocycles. The van der Waals surface area contributed by atoms with Gasteiger partial charge in [-0.25, -0.2) is 4.68 Å². The molecule has 0 atom stereocenters. The molecular weight excluding hydrogens is 266 g/mol. The molecule has 0 bridgehead atoms. The zero-order valence-corrected chi connectivity index (χ0v) is 10.1. The van der Waals surface area contributed by atoms with Gasteiger partial charge < -0.3 is 0 Å². The van der Waals surface area contributed by atoms with Gasteiger partial charge in [-0.05, 0) is 34.3 Å². The van der Waals surface area contributed by atoms with Crippen molar-refractivity contribution in [1.29, 1.82) is 0 Å². The van der Waals surface area contributed by atoms with E-state index in [1.54, 1.807) is 19.2 Å². The lowest BCUT2D eigenvalue weighted by Crippen LogP contribution is -1.95. The van der Waals surface area contributed by atoms with Crippen molar-refractivity contribution in [3.63, 3.8) is 0 Å². The fourth-order valence-corrected chi connectivity index (χ4v) is 2.11. The van der Waals surface area contributed by atoms with Gasteiger partial charge in [0.05, 0.1) is 9.82 Å². The van der Waals surface area contributed by atoms with Crippen LogP contribution >= 0.6 is 23.4 Å². The fourth-order valence-electron chi connectivity index (χ4n) is 1.13. The first-order valence-corrected chi connectivity index (χ1v) is 5.61. The summed E-state index contributed by atoms with van der Waals surface area (Å²) in [6.45, 7) is 0. The standard InChI is InChI=1S/C8H6ClN5O2S/c1-13-8(10-11-12-13)17-7-3-2-5(9)4-6(7)14(15)16/h2-4H,1H3. The summed E-state index contributed by atoms with van der Waals surface area (Å²) in [5.74, 6) is 0. The normalized spacial score (nSPS) is 10.5. The summed E-state index contributed by atoms with van der Waals surface area (Å²) >= 11 is 6.83. The molecule has 88 valence electrons. The van der Waals surface area contributed by atoms with Crippen molar-refractivity contribution in [2.75, 3.05) is 0 Å². The van der Waals surface area contributed by atoms with Crippen LogP contribution in [-0.4, -0.2) is 25.1 Å². The molecule has 0 amide bonds. The Morgan fingerprint density at radius 2 is 2.29 bits per heavy atom. The average molecular weight is 272 g/mol. The lowest BCUT2D eigenvalue weighted by Gasteiger charge is -2.01. The molecule has 9 heteroatoms. The quantitative estimate of drug-likeness (QED) is 0.626. The molecule has 0 saturated heterocycles. The van der Waals surface area contributed by atoms with Crippen LogP contribution in [0.3, 0.4) is 0 Å². The molecule has 1 heterocycles. The Kier molecular flexibility index (Phi) is 3.25. The van der Waals surface area contributed by atoms with Crippen LogP contribution in [0.25, 0.3) is 0 Å². The summed E-state index contributed by atoms with van der Waals surface area (Å²) in [7, 11) is 1.66. The van der Waals surface area contributed by atoms with E-state index in [2.05, 4.69) is 15.5 Å². The maximum atomic E-state index is 10.9. The Morgan fingerprint density at radius 1 is 1.53 bits per heavy atom. The van der Waals surface area contributed by atoms with Gasteiger partial charge in [-0.3, -0.25) is 10.1 Å². The monoisotopic (exact) mass is 271 g/mol. The van der Waals surface area contributed by atoms with Crippen LogP contribution in [0.15, 0.2) is 28.3 Å². The second-order valence-electron chi connectivity index (χ2n) is 3.06. The topological polar surface area (TPSA) is 86.7 Å². The van der Waals surface area contributed by atoms with Crippen LogP contribution < -0.4 is 0 Å². The Balaban J connectivity index is 2.39. The first-order chi connectivity index (χ1) is 8.08. The van der Waals surface area contributed by atoms with Crippen molar-refractivity contribution in [3.8, 4) is 0 Å². The molecule has 0 N–H and O–H groups in total. The maximum Gasteiger partial charge on any atom is 0.284 e. The highest BCUT2D eigenvalue weighted by Crippen LogP contribution is 2.34. The summed E-state index contributed by atoms with van der Waals surface area (Å²) in [6, 6.07) is 4.45. The van der Waals surface area contributed by atoms with Crippen molar-refractivity contribution < 1.29 is 4.92 Å². The minimum atomic E-state index is -0.488. The predicted octanol–water partition coefficient (Wildman–Crippen LogP) is 1.92. The molecular formula is C8H6ClN5O2S. The SMILES string of the molecule is Cn1nnnc1Sc1ccc(Cl)cc1[N+](=O)[O-]. The third-order valence-corrected chi connectivity index (χ3v) is 3.23. The van der Waals surface area contributed by atoms with Crippen molar-refractivity contribution in [2.45, 2.75) is 10.1 Å². The molecule has 0 radical (unpaired) electrons. The van der Waals surface area contributed by atoms with E-state index in [-0.39, 0.29) is 5.69 Å². The Labute approximate surface area is 105 Å². The molecule has 17 heavy (non-hydrogen) atoms. The highest BCUT2D eigenvalue weighted by atomic mass is 35.5. The van der Waals surface area contributed by atoms with E-state index in [1.807, 2.05) is 0 Å². The van der Waals surface area contributed by atoms with Crippen LogP contribution in [0.5, 0.6) is 0 Å². The molecule has 0 aliphatic carbocycles. The van der Waals surface area contributed by atoms with Gasteiger partial charge in [0.25, 0.3) is 5.69 Å². The van der Waals surface area contributed by atoms with Gasteiger partial charge in [0.2, 0.25) is 5.16 Å². The number of rotatable bonds is 3. The Bertz CT molecular complexity index is 573. The minimum absolute atomic E-state index is 0.0644. The zero-order valence-electron chi connectivity index (χ0n) is 8.57. The van der Waals surface area contributed by atoms with E-state index < -0.39 is 4.92 Å². The number of benzene rings is 1. The van der Waals surface area contributed by atoms with Crippen molar-refractivity contribution >= 4 is 29.1 Å². The molecule has 0 unspecified atom stereocenters. The molecule has 0 aliphatic heterocycles. The third kappa shape index (κ3) is 2.53. The van der Waals surface area contributed by atoms with E-state index in [9.17, 15) is 10.1 Å². The maximum absolute atomic E-state index is 10.9. The van der Waals surface area contributed by atoms with Crippen molar-refractivity contribution in [3.05, 3.63) is 33.3 Å². The first kappa shape index (κ1) is 11.8.